The van der Waals surface area contributed by atoms with Crippen LogP contribution in [0.4, 0.5) is 22.7 Å². The molecule has 0 atom stereocenters. The Morgan fingerprint density at radius 3 is 1.61 bits per heavy atom. The van der Waals surface area contributed by atoms with Crippen LogP contribution in [0.5, 0.6) is 0 Å². The summed E-state index contributed by atoms with van der Waals surface area (Å²) in [6.45, 7) is 9.36. The number of fused-ring (bicyclic) bond motifs is 10. The van der Waals surface area contributed by atoms with Crippen molar-refractivity contribution in [2.45, 2.75) is 56.8 Å². The molecule has 3 nitrogen and oxygen atoms in total. The number of rotatable bonds is 1. The van der Waals surface area contributed by atoms with Crippen LogP contribution in [-0.2, 0) is 29.1 Å². The van der Waals surface area contributed by atoms with E-state index in [0.29, 0.717) is 11.3 Å². The van der Waals surface area contributed by atoms with E-state index in [1.165, 1.54) is 55.9 Å². The van der Waals surface area contributed by atoms with Crippen LogP contribution in [0, 0.1) is 11.3 Å². The van der Waals surface area contributed by atoms with Crippen LogP contribution in [0.1, 0.15) is 88.9 Å². The molecule has 6 aromatic rings. The average molecular weight is 634 g/mol. The highest BCUT2D eigenvalue weighted by Crippen LogP contribution is 2.60. The van der Waals surface area contributed by atoms with Gasteiger partial charge >= 0.3 is 0 Å². The van der Waals surface area contributed by atoms with Crippen molar-refractivity contribution in [2.24, 2.45) is 0 Å². The molecule has 2 aliphatic carbocycles. The Labute approximate surface area is 289 Å². The van der Waals surface area contributed by atoms with Crippen LogP contribution in [0.2, 0.25) is 0 Å². The largest absolute Gasteiger partial charge is 0.398 e. The van der Waals surface area contributed by atoms with Crippen LogP contribution >= 0.6 is 0 Å². The second-order valence-corrected chi connectivity index (χ2v) is 15.0. The zero-order valence-corrected chi connectivity index (χ0v) is 28.5. The smallest absolute Gasteiger partial charge is 0.0992 e. The summed E-state index contributed by atoms with van der Waals surface area (Å²) in [6.07, 6.45) is 1.66. The maximum Gasteiger partial charge on any atom is 0.0992 e. The number of aryl methyl sites for hydroxylation is 2. The minimum atomic E-state index is -0.688. The molecule has 1 spiro atoms. The molecule has 0 aromatic heterocycles. The Balaban J connectivity index is 1.43. The van der Waals surface area contributed by atoms with Crippen LogP contribution in [0.3, 0.4) is 0 Å². The first-order valence-corrected chi connectivity index (χ1v) is 17.3. The van der Waals surface area contributed by atoms with Gasteiger partial charge in [-0.25, -0.2) is 0 Å². The van der Waals surface area contributed by atoms with Gasteiger partial charge in [0.25, 0.3) is 0 Å². The van der Waals surface area contributed by atoms with Gasteiger partial charge in [-0.15, -0.1) is 0 Å². The molecule has 2 N–H and O–H groups in total. The Kier molecular flexibility index (Phi) is 6.15. The standard InChI is InChI=1S/C46H39N3/c1-44(2)33-13-5-7-15-35(33)46(36-16-8-6-14-34(36)44)39-27-32(24-23-30(39)21-22-31-25-29(28-47)26-40(48)43(31)46)49-41-19-11-9-17-37(41)45(3,4)38-18-10-12-20-42(38)49/h5-20,23-27H,21-22,48H2,1-4H3. The van der Waals surface area contributed by atoms with Gasteiger partial charge in [-0.2, -0.15) is 5.26 Å². The Morgan fingerprint density at radius 2 is 1.04 bits per heavy atom. The molecule has 0 saturated carbocycles. The SMILES string of the molecule is CC1(C)c2ccccc2N(c2ccc3c(c2)C2(c4ccccc4C(C)(C)c4ccccc42)c2c(N)cc(C#N)cc2CC3)c2ccccc21. The lowest BCUT2D eigenvalue weighted by molar-refractivity contribution is 0.558. The van der Waals surface area contributed by atoms with Crippen LogP contribution in [-0.4, -0.2) is 0 Å². The van der Waals surface area contributed by atoms with Crippen molar-refractivity contribution in [3.63, 3.8) is 0 Å². The van der Waals surface area contributed by atoms with Crippen LogP contribution < -0.4 is 10.6 Å². The molecule has 0 bridgehead atoms. The van der Waals surface area contributed by atoms with Crippen LogP contribution in [0.15, 0.2) is 127 Å². The number of nitriles is 1. The van der Waals surface area contributed by atoms with Gasteiger partial charge in [0.05, 0.1) is 28.4 Å². The van der Waals surface area contributed by atoms with Crippen molar-refractivity contribution in [2.75, 3.05) is 10.6 Å². The van der Waals surface area contributed by atoms with Gasteiger partial charge < -0.3 is 10.6 Å². The van der Waals surface area contributed by atoms with E-state index in [1.807, 2.05) is 6.07 Å². The molecular formula is C46H39N3. The van der Waals surface area contributed by atoms with Crippen molar-refractivity contribution >= 4 is 22.7 Å². The predicted molar refractivity (Wildman–Crippen MR) is 200 cm³/mol. The number of nitrogens with two attached hydrogens (primary N) is 1. The minimum Gasteiger partial charge on any atom is -0.398 e. The fourth-order valence-corrected chi connectivity index (χ4v) is 9.63. The van der Waals surface area contributed by atoms with Gasteiger partial charge in [0.1, 0.15) is 0 Å². The predicted octanol–water partition coefficient (Wildman–Crippen LogP) is 10.4. The molecule has 0 unspecified atom stereocenters. The van der Waals surface area contributed by atoms with Crippen molar-refractivity contribution in [1.82, 2.24) is 0 Å². The number of nitrogens with zero attached hydrogens (tertiary/aromatic N) is 2. The fourth-order valence-electron chi connectivity index (χ4n) is 9.63. The Morgan fingerprint density at radius 1 is 0.551 bits per heavy atom. The highest BCUT2D eigenvalue weighted by molar-refractivity contribution is 5.87. The molecule has 0 amide bonds. The van der Waals surface area contributed by atoms with Gasteiger partial charge in [-0.1, -0.05) is 119 Å². The third-order valence-electron chi connectivity index (χ3n) is 11.8. The van der Waals surface area contributed by atoms with E-state index in [0.717, 1.165) is 29.7 Å². The molecule has 49 heavy (non-hydrogen) atoms. The van der Waals surface area contributed by atoms with E-state index >= 15 is 0 Å². The highest BCUT2D eigenvalue weighted by Gasteiger charge is 2.52. The molecule has 9 rings (SSSR count). The van der Waals surface area contributed by atoms with Crippen molar-refractivity contribution < 1.29 is 0 Å². The molecule has 0 saturated heterocycles. The van der Waals surface area contributed by atoms with Crippen molar-refractivity contribution in [3.8, 4) is 6.07 Å². The molecule has 1 aliphatic heterocycles. The Bertz CT molecular complexity index is 2290. The molecule has 3 aliphatic rings. The number of hydrogen-bond donors (Lipinski definition) is 1. The summed E-state index contributed by atoms with van der Waals surface area (Å²) >= 11 is 0. The molecule has 238 valence electrons. The van der Waals surface area contributed by atoms with Gasteiger partial charge in [0.2, 0.25) is 0 Å². The van der Waals surface area contributed by atoms with E-state index in [2.05, 4.69) is 160 Å². The molecule has 3 heteroatoms. The molecular weight excluding hydrogens is 595 g/mol. The van der Waals surface area contributed by atoms with Gasteiger partial charge in [0, 0.05) is 22.2 Å². The zero-order valence-electron chi connectivity index (χ0n) is 28.5. The van der Waals surface area contributed by atoms with Gasteiger partial charge in [-0.3, -0.25) is 0 Å². The second-order valence-electron chi connectivity index (χ2n) is 15.0. The topological polar surface area (TPSA) is 53.0 Å². The molecule has 0 radical (unpaired) electrons. The van der Waals surface area contributed by atoms with Gasteiger partial charge in [0.15, 0.2) is 0 Å². The Hall–Kier alpha value is -5.59. The third-order valence-corrected chi connectivity index (χ3v) is 11.8. The van der Waals surface area contributed by atoms with Crippen molar-refractivity contribution in [3.05, 3.63) is 189 Å². The number of hydrogen-bond acceptors (Lipinski definition) is 3. The lowest BCUT2D eigenvalue weighted by atomic mass is 9.53. The summed E-state index contributed by atoms with van der Waals surface area (Å²) < 4.78 is 0. The zero-order chi connectivity index (χ0) is 33.7. The first kappa shape index (κ1) is 29.5. The maximum atomic E-state index is 10.1. The highest BCUT2D eigenvalue weighted by atomic mass is 15.2. The van der Waals surface area contributed by atoms with Gasteiger partial charge in [-0.05, 0) is 105 Å². The normalized spacial score (nSPS) is 16.9. The first-order chi connectivity index (χ1) is 23.7. The molecule has 0 fully saturated rings. The second kappa shape index (κ2) is 10.2. The lowest BCUT2D eigenvalue weighted by Gasteiger charge is -2.49. The summed E-state index contributed by atoms with van der Waals surface area (Å²) in [5, 5.41) is 10.1. The number of nitrogen functional groups attached to an aromatic ring is 1. The number of benzene rings is 6. The van der Waals surface area contributed by atoms with Crippen LogP contribution in [0.25, 0.3) is 0 Å². The summed E-state index contributed by atoms with van der Waals surface area (Å²) in [4.78, 5) is 2.46. The van der Waals surface area contributed by atoms with E-state index in [1.54, 1.807) is 0 Å². The maximum absolute atomic E-state index is 10.1. The third kappa shape index (κ3) is 3.83. The fraction of sp³-hybridized carbons (Fsp3) is 0.196. The van der Waals surface area contributed by atoms with Crippen molar-refractivity contribution in [1.29, 1.82) is 5.26 Å². The lowest BCUT2D eigenvalue weighted by Crippen LogP contribution is -2.43. The summed E-state index contributed by atoms with van der Waals surface area (Å²) in [5.41, 5.74) is 23.6. The van der Waals surface area contributed by atoms with E-state index < -0.39 is 5.41 Å². The molecule has 1 heterocycles. The number of anilines is 4. The van der Waals surface area contributed by atoms with E-state index in [4.69, 9.17) is 5.73 Å². The summed E-state index contributed by atoms with van der Waals surface area (Å²) in [7, 11) is 0. The number of para-hydroxylation sites is 2. The summed E-state index contributed by atoms with van der Waals surface area (Å²) in [5.74, 6) is 0. The monoisotopic (exact) mass is 633 g/mol. The van der Waals surface area contributed by atoms with E-state index in [9.17, 15) is 5.26 Å². The quantitative estimate of drug-likeness (QED) is 0.183. The summed E-state index contributed by atoms with van der Waals surface area (Å²) in [6, 6.07) is 49.2. The average Bonchev–Trinajstić information content (AvgIpc) is 3.26. The van der Waals surface area contributed by atoms with E-state index in [-0.39, 0.29) is 10.8 Å². The first-order valence-electron chi connectivity index (χ1n) is 17.3. The minimum absolute atomic E-state index is 0.144. The molecule has 6 aromatic carbocycles.